The molecule has 2 aromatic carbocycles. The maximum Gasteiger partial charge on any atom is 0.339 e. The number of carbonyl (C=O) groups is 1. The minimum atomic E-state index is -0.363. The summed E-state index contributed by atoms with van der Waals surface area (Å²) in [5.41, 5.74) is 3.96. The van der Waals surface area contributed by atoms with E-state index in [1.807, 2.05) is 55.5 Å². The molecule has 0 radical (unpaired) electrons. The van der Waals surface area contributed by atoms with Crippen LogP contribution in [-0.4, -0.2) is 18.1 Å². The topological polar surface area (TPSA) is 51.2 Å². The normalized spacial score (nSPS) is 10.5. The second kappa shape index (κ2) is 5.85. The first-order valence-electron chi connectivity index (χ1n) is 7.00. The highest BCUT2D eigenvalue weighted by Crippen LogP contribution is 2.28. The van der Waals surface area contributed by atoms with Gasteiger partial charge in [0.15, 0.2) is 0 Å². The van der Waals surface area contributed by atoms with Crippen molar-refractivity contribution in [3.63, 3.8) is 0 Å². The van der Waals surface area contributed by atoms with Crippen molar-refractivity contribution in [1.82, 2.24) is 4.98 Å². The zero-order valence-corrected chi connectivity index (χ0v) is 12.5. The van der Waals surface area contributed by atoms with Gasteiger partial charge in [0.1, 0.15) is 0 Å². The molecule has 0 saturated carbocycles. The maximum absolute atomic E-state index is 11.9. The van der Waals surface area contributed by atoms with Crippen molar-refractivity contribution in [3.05, 3.63) is 65.9 Å². The summed E-state index contributed by atoms with van der Waals surface area (Å²) in [7, 11) is 1.38. The van der Waals surface area contributed by atoms with Gasteiger partial charge in [0, 0.05) is 16.8 Å². The average molecular weight is 292 g/mol. The molecule has 1 heterocycles. The van der Waals surface area contributed by atoms with Crippen LogP contribution < -0.4 is 5.32 Å². The van der Waals surface area contributed by atoms with Gasteiger partial charge in [-0.2, -0.15) is 0 Å². The van der Waals surface area contributed by atoms with Crippen LogP contribution in [0.25, 0.3) is 10.9 Å². The number of nitrogens with zero attached hydrogens (tertiary/aromatic N) is 1. The molecule has 0 atom stereocenters. The smallest absolute Gasteiger partial charge is 0.339 e. The van der Waals surface area contributed by atoms with Crippen LogP contribution in [0, 0.1) is 6.92 Å². The predicted octanol–water partition coefficient (Wildman–Crippen LogP) is 4.07. The van der Waals surface area contributed by atoms with E-state index in [1.165, 1.54) is 7.11 Å². The van der Waals surface area contributed by atoms with Crippen molar-refractivity contribution in [1.29, 1.82) is 0 Å². The van der Waals surface area contributed by atoms with E-state index >= 15 is 0 Å². The molecule has 0 aliphatic heterocycles. The highest BCUT2D eigenvalue weighted by atomic mass is 16.5. The lowest BCUT2D eigenvalue weighted by Crippen LogP contribution is -2.05. The van der Waals surface area contributed by atoms with Crippen molar-refractivity contribution in [2.45, 2.75) is 6.92 Å². The predicted molar refractivity (Wildman–Crippen MR) is 87.5 cm³/mol. The van der Waals surface area contributed by atoms with Crippen LogP contribution in [0.3, 0.4) is 0 Å². The summed E-state index contributed by atoms with van der Waals surface area (Å²) in [6.07, 6.45) is 0. The molecule has 4 nitrogen and oxygen atoms in total. The van der Waals surface area contributed by atoms with Gasteiger partial charge in [-0.25, -0.2) is 4.79 Å². The molecule has 4 heteroatoms. The number of rotatable bonds is 3. The number of fused-ring (bicyclic) bond motifs is 1. The number of hydrogen-bond donors (Lipinski definition) is 1. The first-order valence-corrected chi connectivity index (χ1v) is 7.00. The summed E-state index contributed by atoms with van der Waals surface area (Å²) >= 11 is 0. The highest BCUT2D eigenvalue weighted by Gasteiger charge is 2.12. The van der Waals surface area contributed by atoms with Crippen LogP contribution in [0.5, 0.6) is 0 Å². The van der Waals surface area contributed by atoms with E-state index in [1.54, 1.807) is 6.07 Å². The quantitative estimate of drug-likeness (QED) is 0.739. The number of hydrogen-bond acceptors (Lipinski definition) is 4. The molecule has 3 rings (SSSR count). The van der Waals surface area contributed by atoms with Gasteiger partial charge in [-0.1, -0.05) is 30.3 Å². The van der Waals surface area contributed by atoms with E-state index in [9.17, 15) is 4.79 Å². The number of ether oxygens (including phenoxy) is 1. The van der Waals surface area contributed by atoms with Gasteiger partial charge in [0.05, 0.1) is 23.9 Å². The average Bonchev–Trinajstić information content (AvgIpc) is 2.54. The Morgan fingerprint density at radius 2 is 1.77 bits per heavy atom. The van der Waals surface area contributed by atoms with E-state index in [0.717, 1.165) is 22.3 Å². The number of nitrogens with one attached hydrogen (secondary N) is 1. The van der Waals surface area contributed by atoms with Crippen molar-refractivity contribution in [3.8, 4) is 0 Å². The fourth-order valence-corrected chi connectivity index (χ4v) is 2.44. The lowest BCUT2D eigenvalue weighted by molar-refractivity contribution is 0.0602. The number of benzene rings is 2. The van der Waals surface area contributed by atoms with E-state index in [2.05, 4.69) is 10.3 Å². The van der Waals surface area contributed by atoms with Crippen LogP contribution in [0.1, 0.15) is 16.1 Å². The Bertz CT molecular complexity index is 843. The number of para-hydroxylation sites is 2. The number of anilines is 2. The monoisotopic (exact) mass is 292 g/mol. The number of aryl methyl sites for hydroxylation is 1. The lowest BCUT2D eigenvalue weighted by atomic mass is 10.1. The van der Waals surface area contributed by atoms with E-state index in [0.29, 0.717) is 11.3 Å². The molecule has 1 N–H and O–H groups in total. The van der Waals surface area contributed by atoms with Gasteiger partial charge >= 0.3 is 5.97 Å². The Balaban J connectivity index is 2.10. The van der Waals surface area contributed by atoms with Gasteiger partial charge in [-0.3, -0.25) is 4.98 Å². The molecule has 3 aromatic rings. The molecule has 0 aliphatic rings. The molecular weight excluding hydrogens is 276 g/mol. The zero-order valence-electron chi connectivity index (χ0n) is 12.5. The van der Waals surface area contributed by atoms with E-state index in [4.69, 9.17) is 4.74 Å². The molecule has 0 fully saturated rings. The highest BCUT2D eigenvalue weighted by molar-refractivity contribution is 5.99. The van der Waals surface area contributed by atoms with Crippen molar-refractivity contribution < 1.29 is 9.53 Å². The molecule has 110 valence electrons. The largest absolute Gasteiger partial charge is 0.465 e. The third-order valence-electron chi connectivity index (χ3n) is 3.45. The van der Waals surface area contributed by atoms with Crippen LogP contribution in [0.15, 0.2) is 54.6 Å². The number of methoxy groups -OCH3 is 1. The van der Waals surface area contributed by atoms with Crippen molar-refractivity contribution >= 4 is 28.2 Å². The Kier molecular flexibility index (Phi) is 3.74. The third kappa shape index (κ3) is 2.63. The van der Waals surface area contributed by atoms with Crippen LogP contribution in [0.4, 0.5) is 11.4 Å². The Labute approximate surface area is 128 Å². The first-order chi connectivity index (χ1) is 10.7. The second-order valence-electron chi connectivity index (χ2n) is 4.99. The molecule has 0 spiro atoms. The molecule has 0 unspecified atom stereocenters. The third-order valence-corrected chi connectivity index (χ3v) is 3.45. The maximum atomic E-state index is 11.9. The minimum Gasteiger partial charge on any atom is -0.465 e. The molecule has 0 saturated heterocycles. The van der Waals surface area contributed by atoms with Gasteiger partial charge in [0.2, 0.25) is 0 Å². The fraction of sp³-hybridized carbons (Fsp3) is 0.111. The molecule has 1 aromatic heterocycles. The van der Waals surface area contributed by atoms with E-state index in [-0.39, 0.29) is 5.97 Å². The summed E-state index contributed by atoms with van der Waals surface area (Å²) in [4.78, 5) is 16.4. The molecule has 0 amide bonds. The first kappa shape index (κ1) is 14.1. The molecular formula is C18H16N2O2. The summed E-state index contributed by atoms with van der Waals surface area (Å²) in [6.45, 7) is 1.95. The van der Waals surface area contributed by atoms with Crippen LogP contribution in [0.2, 0.25) is 0 Å². The van der Waals surface area contributed by atoms with E-state index < -0.39 is 0 Å². The molecule has 0 aliphatic carbocycles. The van der Waals surface area contributed by atoms with Crippen LogP contribution in [-0.2, 0) is 4.74 Å². The summed E-state index contributed by atoms with van der Waals surface area (Å²) in [5, 5.41) is 4.34. The van der Waals surface area contributed by atoms with Gasteiger partial charge in [-0.15, -0.1) is 0 Å². The lowest BCUT2D eigenvalue weighted by Gasteiger charge is -2.13. The van der Waals surface area contributed by atoms with Crippen molar-refractivity contribution in [2.75, 3.05) is 12.4 Å². The van der Waals surface area contributed by atoms with Gasteiger partial charge in [0.25, 0.3) is 0 Å². The zero-order chi connectivity index (χ0) is 15.5. The number of pyridine rings is 1. The van der Waals surface area contributed by atoms with Gasteiger partial charge < -0.3 is 10.1 Å². The van der Waals surface area contributed by atoms with Gasteiger partial charge in [-0.05, 0) is 31.2 Å². The number of carbonyl (C=O) groups excluding carboxylic acids is 1. The molecule has 0 bridgehead atoms. The Morgan fingerprint density at radius 3 is 2.59 bits per heavy atom. The Hall–Kier alpha value is -2.88. The summed E-state index contributed by atoms with van der Waals surface area (Å²) < 4.78 is 4.83. The fourth-order valence-electron chi connectivity index (χ4n) is 2.44. The van der Waals surface area contributed by atoms with Crippen LogP contribution >= 0.6 is 0 Å². The van der Waals surface area contributed by atoms with Crippen molar-refractivity contribution in [2.24, 2.45) is 0 Å². The Morgan fingerprint density at radius 1 is 1.05 bits per heavy atom. The summed E-state index contributed by atoms with van der Waals surface area (Å²) in [5.74, 6) is -0.363. The SMILES string of the molecule is COC(=O)c1ccccc1Nc1cc(C)nc2ccccc12. The number of esters is 1. The number of aromatic nitrogens is 1. The molecule has 22 heavy (non-hydrogen) atoms. The second-order valence-corrected chi connectivity index (χ2v) is 4.99. The minimum absolute atomic E-state index is 0.363. The standard InChI is InChI=1S/C18H16N2O2/c1-12-11-17(13-7-3-5-9-15(13)19-12)20-16-10-6-4-8-14(16)18(21)22-2/h3-11H,1-2H3,(H,19,20). The summed E-state index contributed by atoms with van der Waals surface area (Å²) in [6, 6.07) is 17.2.